The Hall–Kier alpha value is -2.44. The van der Waals surface area contributed by atoms with Gasteiger partial charge in [0.25, 0.3) is 11.1 Å². The summed E-state index contributed by atoms with van der Waals surface area (Å²) in [6.07, 6.45) is 2.02. The number of nitrogens with zero attached hydrogens (tertiary/aromatic N) is 1. The fourth-order valence-corrected chi connectivity index (χ4v) is 2.81. The Morgan fingerprint density at radius 2 is 2.05 bits per heavy atom. The summed E-state index contributed by atoms with van der Waals surface area (Å²) < 4.78 is 1.41. The number of nitrogens with one attached hydrogen (secondary N) is 2. The molecule has 0 aromatic carbocycles. The lowest BCUT2D eigenvalue weighted by Gasteiger charge is -2.26. The van der Waals surface area contributed by atoms with Gasteiger partial charge in [-0.2, -0.15) is 0 Å². The van der Waals surface area contributed by atoms with E-state index in [1.54, 1.807) is 6.07 Å². The highest BCUT2D eigenvalue weighted by Crippen LogP contribution is 2.24. The Kier molecular flexibility index (Phi) is 2.70. The van der Waals surface area contributed by atoms with Crippen molar-refractivity contribution in [2.45, 2.75) is 32.2 Å². The predicted octanol–water partition coefficient (Wildman–Crippen LogP) is -0.155. The maximum atomic E-state index is 12.5. The van der Waals surface area contributed by atoms with Gasteiger partial charge in [0.2, 0.25) is 0 Å². The molecule has 0 fully saturated rings. The fourth-order valence-electron chi connectivity index (χ4n) is 2.81. The molecule has 2 aromatic rings. The number of pyridine rings is 1. The lowest BCUT2D eigenvalue weighted by atomic mass is 9.98. The molecule has 0 saturated heterocycles. The highest BCUT2D eigenvalue weighted by molar-refractivity contribution is 5.82. The minimum absolute atomic E-state index is 0.0457. The molecule has 1 aliphatic heterocycles. The first-order chi connectivity index (χ1) is 9.49. The van der Waals surface area contributed by atoms with E-state index in [-0.39, 0.29) is 16.7 Å². The molecule has 2 N–H and O–H groups in total. The van der Waals surface area contributed by atoms with Crippen LogP contribution in [0.25, 0.3) is 10.9 Å². The van der Waals surface area contributed by atoms with Gasteiger partial charge < -0.3 is 9.55 Å². The quantitative estimate of drug-likeness (QED) is 0.754. The summed E-state index contributed by atoms with van der Waals surface area (Å²) in [7, 11) is 0. The number of rotatable bonds is 1. The lowest BCUT2D eigenvalue weighted by molar-refractivity contribution is -0.120. The number of aryl methyl sites for hydroxylation is 1. The minimum Gasteiger partial charge on any atom is -0.302 e. The number of hydrogen-bond acceptors (Lipinski definition) is 4. The average Bonchev–Trinajstić information content (AvgIpc) is 2.39. The maximum Gasteiger partial charge on any atom is 0.326 e. The van der Waals surface area contributed by atoms with E-state index in [0.29, 0.717) is 18.5 Å². The standard InChI is InChI=1S/C13H13N3O4/c1-6(17)9-4-2-3-7-5-8-10(12(19)16(7)9)14-13(20)15-11(8)18/h5,9H,2-4H2,1H3,(H2,14,15,18,20). The van der Waals surface area contributed by atoms with Gasteiger partial charge in [-0.15, -0.1) is 0 Å². The molecule has 20 heavy (non-hydrogen) atoms. The van der Waals surface area contributed by atoms with Gasteiger partial charge in [0.15, 0.2) is 5.78 Å². The van der Waals surface area contributed by atoms with Crippen molar-refractivity contribution in [3.63, 3.8) is 0 Å². The first kappa shape index (κ1) is 12.6. The van der Waals surface area contributed by atoms with Gasteiger partial charge in [-0.05, 0) is 32.3 Å². The Labute approximate surface area is 112 Å². The van der Waals surface area contributed by atoms with Crippen molar-refractivity contribution < 1.29 is 4.79 Å². The molecule has 0 aliphatic carbocycles. The molecule has 0 saturated carbocycles. The zero-order valence-corrected chi connectivity index (χ0v) is 10.9. The van der Waals surface area contributed by atoms with Crippen molar-refractivity contribution in [3.8, 4) is 0 Å². The average molecular weight is 275 g/mol. The van der Waals surface area contributed by atoms with E-state index < -0.39 is 22.9 Å². The number of fused-ring (bicyclic) bond motifs is 2. The normalized spacial score (nSPS) is 17.9. The highest BCUT2D eigenvalue weighted by Gasteiger charge is 2.26. The van der Waals surface area contributed by atoms with Crippen LogP contribution in [0.4, 0.5) is 0 Å². The van der Waals surface area contributed by atoms with Crippen molar-refractivity contribution in [1.82, 2.24) is 14.5 Å². The molecule has 3 heterocycles. The number of carbonyl (C=O) groups is 1. The molecule has 7 nitrogen and oxygen atoms in total. The van der Waals surface area contributed by atoms with Crippen LogP contribution in [-0.4, -0.2) is 20.3 Å². The summed E-state index contributed by atoms with van der Waals surface area (Å²) in [6, 6.07) is 1.07. The van der Waals surface area contributed by atoms with Crippen LogP contribution in [-0.2, 0) is 11.2 Å². The van der Waals surface area contributed by atoms with Gasteiger partial charge in [-0.25, -0.2) is 4.79 Å². The van der Waals surface area contributed by atoms with E-state index in [1.807, 2.05) is 0 Å². The summed E-state index contributed by atoms with van der Waals surface area (Å²) >= 11 is 0. The Morgan fingerprint density at radius 3 is 2.75 bits per heavy atom. The third-order valence-electron chi connectivity index (χ3n) is 3.72. The summed E-state index contributed by atoms with van der Waals surface area (Å²) in [5, 5.41) is 0.157. The number of aromatic amines is 2. The monoisotopic (exact) mass is 275 g/mol. The third-order valence-corrected chi connectivity index (χ3v) is 3.72. The maximum absolute atomic E-state index is 12.5. The van der Waals surface area contributed by atoms with Crippen molar-refractivity contribution in [1.29, 1.82) is 0 Å². The van der Waals surface area contributed by atoms with E-state index in [9.17, 15) is 19.2 Å². The molecule has 1 unspecified atom stereocenters. The molecule has 3 rings (SSSR count). The summed E-state index contributed by atoms with van der Waals surface area (Å²) in [5.74, 6) is -0.0976. The van der Waals surface area contributed by atoms with Crippen LogP contribution in [0.15, 0.2) is 20.4 Å². The van der Waals surface area contributed by atoms with Gasteiger partial charge in [0.05, 0.1) is 11.4 Å². The largest absolute Gasteiger partial charge is 0.326 e. The smallest absolute Gasteiger partial charge is 0.302 e. The molecular formula is C13H13N3O4. The molecule has 1 atom stereocenters. The molecule has 1 aliphatic rings. The van der Waals surface area contributed by atoms with Crippen molar-refractivity contribution in [3.05, 3.63) is 43.0 Å². The zero-order valence-electron chi connectivity index (χ0n) is 10.9. The first-order valence-electron chi connectivity index (χ1n) is 6.40. The highest BCUT2D eigenvalue weighted by atomic mass is 16.2. The molecule has 7 heteroatoms. The molecule has 104 valence electrons. The summed E-state index contributed by atoms with van der Waals surface area (Å²) in [4.78, 5) is 51.7. The predicted molar refractivity (Wildman–Crippen MR) is 72.1 cm³/mol. The van der Waals surface area contributed by atoms with Crippen molar-refractivity contribution >= 4 is 16.7 Å². The van der Waals surface area contributed by atoms with Gasteiger partial charge in [-0.1, -0.05) is 0 Å². The van der Waals surface area contributed by atoms with E-state index in [2.05, 4.69) is 9.97 Å². The van der Waals surface area contributed by atoms with Gasteiger partial charge in [-0.3, -0.25) is 19.4 Å². The number of carbonyl (C=O) groups excluding carboxylic acids is 1. The Bertz CT molecular complexity index is 887. The van der Waals surface area contributed by atoms with Crippen LogP contribution in [0.2, 0.25) is 0 Å². The van der Waals surface area contributed by atoms with Crippen LogP contribution in [0, 0.1) is 0 Å². The van der Waals surface area contributed by atoms with Gasteiger partial charge in [0, 0.05) is 5.69 Å². The minimum atomic E-state index is -0.727. The van der Waals surface area contributed by atoms with Crippen LogP contribution < -0.4 is 16.8 Å². The molecular weight excluding hydrogens is 262 g/mol. The number of ketones is 1. The second-order valence-corrected chi connectivity index (χ2v) is 5.03. The summed E-state index contributed by atoms with van der Waals surface area (Å²) in [5.41, 5.74) is -1.19. The van der Waals surface area contributed by atoms with Crippen molar-refractivity contribution in [2.24, 2.45) is 0 Å². The number of hydrogen-bond donors (Lipinski definition) is 2. The van der Waals surface area contributed by atoms with Crippen LogP contribution in [0.5, 0.6) is 0 Å². The number of Topliss-reactive ketones (excluding diaryl/α,β-unsaturated/α-hetero) is 1. The van der Waals surface area contributed by atoms with Crippen LogP contribution in [0.1, 0.15) is 31.5 Å². The second-order valence-electron chi connectivity index (χ2n) is 5.03. The van der Waals surface area contributed by atoms with E-state index >= 15 is 0 Å². The molecule has 0 bridgehead atoms. The lowest BCUT2D eigenvalue weighted by Crippen LogP contribution is -2.37. The topological polar surface area (TPSA) is 105 Å². The molecule has 2 aromatic heterocycles. The molecule has 0 radical (unpaired) electrons. The molecule has 0 amide bonds. The second kappa shape index (κ2) is 4.29. The van der Waals surface area contributed by atoms with Gasteiger partial charge in [0.1, 0.15) is 5.52 Å². The number of aromatic nitrogens is 3. The van der Waals surface area contributed by atoms with Crippen LogP contribution >= 0.6 is 0 Å². The fraction of sp³-hybridized carbons (Fsp3) is 0.385. The number of H-pyrrole nitrogens is 2. The Morgan fingerprint density at radius 1 is 1.30 bits per heavy atom. The SMILES string of the molecule is CC(=O)C1CCCc2cc3c(=O)[nH]c(=O)[nH]c3c(=O)n21. The van der Waals surface area contributed by atoms with E-state index in [4.69, 9.17) is 0 Å². The van der Waals surface area contributed by atoms with Crippen molar-refractivity contribution in [2.75, 3.05) is 0 Å². The first-order valence-corrected chi connectivity index (χ1v) is 6.40. The molecule has 0 spiro atoms. The van der Waals surface area contributed by atoms with Crippen LogP contribution in [0.3, 0.4) is 0 Å². The third kappa shape index (κ3) is 1.74. The van der Waals surface area contributed by atoms with E-state index in [1.165, 1.54) is 11.5 Å². The Balaban J connectivity index is 2.46. The summed E-state index contributed by atoms with van der Waals surface area (Å²) in [6.45, 7) is 1.44. The zero-order chi connectivity index (χ0) is 14.4. The van der Waals surface area contributed by atoms with Gasteiger partial charge >= 0.3 is 5.69 Å². The van der Waals surface area contributed by atoms with E-state index in [0.717, 1.165) is 6.42 Å².